The van der Waals surface area contributed by atoms with Crippen LogP contribution in [0.25, 0.3) is 5.69 Å². The molecule has 33 heavy (non-hydrogen) atoms. The van der Waals surface area contributed by atoms with Gasteiger partial charge in [-0.25, -0.2) is 13.6 Å². The maximum Gasteiger partial charge on any atom is 0.238 e. The lowest BCUT2D eigenvalue weighted by molar-refractivity contribution is 0.102. The fraction of sp³-hybridized carbons (Fsp3) is 0.136. The second-order valence-corrected chi connectivity index (χ2v) is 11.0. The number of primary sulfonamides is 1. The molecule has 11 heteroatoms. The number of nitrogens with one attached hydrogen (secondary N) is 1. The molecule has 0 fully saturated rings. The molecule has 0 amide bonds. The number of ketones is 1. The zero-order chi connectivity index (χ0) is 23.6. The molecule has 8 nitrogen and oxygen atoms in total. The van der Waals surface area contributed by atoms with Crippen LogP contribution >= 0.6 is 23.1 Å². The first-order valence-corrected chi connectivity index (χ1v) is 13.2. The monoisotopic (exact) mass is 499 g/mol. The van der Waals surface area contributed by atoms with Crippen molar-refractivity contribution in [2.24, 2.45) is 5.14 Å². The summed E-state index contributed by atoms with van der Waals surface area (Å²) >= 11 is 2.74. The predicted molar refractivity (Wildman–Crippen MR) is 131 cm³/mol. The van der Waals surface area contributed by atoms with Gasteiger partial charge in [0.1, 0.15) is 0 Å². The lowest BCUT2D eigenvalue weighted by Gasteiger charge is -2.10. The number of aromatic nitrogens is 3. The van der Waals surface area contributed by atoms with Crippen LogP contribution < -0.4 is 10.5 Å². The number of carbonyl (C=O) groups excluding carboxylic acids is 1. The molecule has 0 aliphatic heterocycles. The molecule has 2 aromatic heterocycles. The molecule has 0 unspecified atom stereocenters. The summed E-state index contributed by atoms with van der Waals surface area (Å²) in [5.41, 5.74) is 3.94. The van der Waals surface area contributed by atoms with Crippen molar-refractivity contribution < 1.29 is 13.2 Å². The second kappa shape index (κ2) is 9.48. The molecule has 170 valence electrons. The Morgan fingerprint density at radius 2 is 1.79 bits per heavy atom. The van der Waals surface area contributed by atoms with Crippen LogP contribution in [0.15, 0.2) is 69.9 Å². The van der Waals surface area contributed by atoms with Crippen LogP contribution in [0.4, 0.5) is 10.8 Å². The number of hydrogen-bond acceptors (Lipinski definition) is 8. The van der Waals surface area contributed by atoms with E-state index in [9.17, 15) is 13.2 Å². The minimum atomic E-state index is -3.76. The normalized spacial score (nSPS) is 11.5. The van der Waals surface area contributed by atoms with Crippen molar-refractivity contribution in [3.8, 4) is 5.69 Å². The summed E-state index contributed by atoms with van der Waals surface area (Å²) in [4.78, 5) is 13.0. The lowest BCUT2D eigenvalue weighted by atomic mass is 10.2. The van der Waals surface area contributed by atoms with Crippen molar-refractivity contribution in [1.82, 2.24) is 14.8 Å². The molecule has 4 aromatic rings. The van der Waals surface area contributed by atoms with Gasteiger partial charge in [0.05, 0.1) is 10.6 Å². The van der Waals surface area contributed by atoms with Crippen molar-refractivity contribution in [2.75, 3.05) is 11.1 Å². The first-order chi connectivity index (χ1) is 15.7. The largest absolute Gasteiger partial charge is 0.330 e. The van der Waals surface area contributed by atoms with Crippen molar-refractivity contribution in [2.45, 2.75) is 23.1 Å². The first-order valence-electron chi connectivity index (χ1n) is 9.86. The van der Waals surface area contributed by atoms with Gasteiger partial charge in [-0.05, 0) is 56.3 Å². The lowest BCUT2D eigenvalue weighted by Crippen LogP contribution is -2.12. The molecular formula is C22H21N5O3S3. The highest BCUT2D eigenvalue weighted by molar-refractivity contribution is 8.01. The zero-order valence-electron chi connectivity index (χ0n) is 17.8. The van der Waals surface area contributed by atoms with E-state index in [0.29, 0.717) is 15.0 Å². The number of Topliss-reactive ketones (excluding diaryl/α,β-unsaturated/α-hetero) is 1. The smallest absolute Gasteiger partial charge is 0.238 e. The molecule has 0 radical (unpaired) electrons. The molecule has 0 aliphatic rings. The van der Waals surface area contributed by atoms with Gasteiger partial charge in [-0.2, -0.15) is 0 Å². The Hall–Kier alpha value is -2.99. The number of nitrogens with zero attached hydrogens (tertiary/aromatic N) is 3. The number of nitrogens with two attached hydrogens (primary N) is 1. The Morgan fingerprint density at radius 3 is 2.45 bits per heavy atom. The summed E-state index contributed by atoms with van der Waals surface area (Å²) in [5.74, 6) is 0.211. The minimum Gasteiger partial charge on any atom is -0.330 e. The summed E-state index contributed by atoms with van der Waals surface area (Å²) < 4.78 is 25.6. The van der Waals surface area contributed by atoms with Crippen molar-refractivity contribution in [1.29, 1.82) is 0 Å². The van der Waals surface area contributed by atoms with E-state index in [0.717, 1.165) is 22.8 Å². The number of benzene rings is 2. The van der Waals surface area contributed by atoms with E-state index in [2.05, 4.69) is 15.5 Å². The Bertz CT molecular complexity index is 1400. The molecule has 3 N–H and O–H groups in total. The quantitative estimate of drug-likeness (QED) is 0.274. The predicted octanol–water partition coefficient (Wildman–Crippen LogP) is 4.31. The summed E-state index contributed by atoms with van der Waals surface area (Å²) in [6.07, 6.45) is 0. The number of sulfonamides is 1. The number of rotatable bonds is 8. The van der Waals surface area contributed by atoms with Gasteiger partial charge in [0.15, 0.2) is 10.1 Å². The summed E-state index contributed by atoms with van der Waals surface area (Å²) in [6, 6.07) is 17.8. The Labute approximate surface area is 199 Å². The SMILES string of the molecule is Cc1cc(C(=O)CSc2nnc(Nc3ccccc3)s2)c(C)n1-c1ccc(S(N)(=O)=O)cc1. The third kappa shape index (κ3) is 5.33. The highest BCUT2D eigenvalue weighted by Crippen LogP contribution is 2.29. The average Bonchev–Trinajstić information content (AvgIpc) is 3.35. The number of para-hydroxylation sites is 1. The fourth-order valence-corrected chi connectivity index (χ4v) is 5.57. The highest BCUT2D eigenvalue weighted by atomic mass is 32.2. The van der Waals surface area contributed by atoms with E-state index >= 15 is 0 Å². The Kier molecular flexibility index (Phi) is 6.66. The van der Waals surface area contributed by atoms with Crippen LogP contribution in [0, 0.1) is 13.8 Å². The summed E-state index contributed by atoms with van der Waals surface area (Å²) in [5, 5.41) is 17.3. The number of thioether (sulfide) groups is 1. The van der Waals surface area contributed by atoms with Crippen LogP contribution in [0.2, 0.25) is 0 Å². The third-order valence-electron chi connectivity index (χ3n) is 4.91. The molecular weight excluding hydrogens is 478 g/mol. The molecule has 0 saturated heterocycles. The van der Waals surface area contributed by atoms with E-state index in [1.807, 2.05) is 54.8 Å². The number of aryl methyl sites for hydroxylation is 1. The maximum atomic E-state index is 12.9. The van der Waals surface area contributed by atoms with Crippen molar-refractivity contribution >= 4 is 49.7 Å². The highest BCUT2D eigenvalue weighted by Gasteiger charge is 2.18. The van der Waals surface area contributed by atoms with E-state index in [1.165, 1.54) is 35.2 Å². The van der Waals surface area contributed by atoms with Crippen molar-refractivity contribution in [3.05, 3.63) is 77.6 Å². The second-order valence-electron chi connectivity index (χ2n) is 7.24. The molecule has 0 spiro atoms. The number of hydrogen-bond donors (Lipinski definition) is 2. The standard InChI is InChI=1S/C22H21N5O3S3/c1-14-12-19(15(2)27(14)17-8-10-18(11-9-17)33(23,29)30)20(28)13-31-22-26-25-21(32-22)24-16-6-4-3-5-7-16/h3-12H,13H2,1-2H3,(H,24,25)(H2,23,29,30). The fourth-order valence-electron chi connectivity index (χ4n) is 3.40. The van der Waals surface area contributed by atoms with Gasteiger partial charge in [0.25, 0.3) is 0 Å². The first kappa shape index (κ1) is 23.2. The minimum absolute atomic E-state index is 0.0201. The van der Waals surface area contributed by atoms with E-state index in [1.54, 1.807) is 12.1 Å². The van der Waals surface area contributed by atoms with Gasteiger partial charge in [-0.15, -0.1) is 10.2 Å². The molecule has 0 saturated carbocycles. The van der Waals surface area contributed by atoms with Crippen LogP contribution in [0.3, 0.4) is 0 Å². The van der Waals surface area contributed by atoms with Gasteiger partial charge in [-0.1, -0.05) is 41.3 Å². The van der Waals surface area contributed by atoms with Gasteiger partial charge in [0, 0.05) is 28.3 Å². The van der Waals surface area contributed by atoms with Gasteiger partial charge >= 0.3 is 0 Å². The number of anilines is 2. The molecule has 0 bridgehead atoms. The van der Waals surface area contributed by atoms with Crippen LogP contribution in [0.5, 0.6) is 0 Å². The van der Waals surface area contributed by atoms with Crippen molar-refractivity contribution in [3.63, 3.8) is 0 Å². The van der Waals surface area contributed by atoms with Gasteiger partial charge in [0.2, 0.25) is 15.2 Å². The van der Waals surface area contributed by atoms with Crippen LogP contribution in [0.1, 0.15) is 21.7 Å². The summed E-state index contributed by atoms with van der Waals surface area (Å²) in [7, 11) is -3.76. The Balaban J connectivity index is 1.45. The third-order valence-corrected chi connectivity index (χ3v) is 7.81. The van der Waals surface area contributed by atoms with E-state index in [4.69, 9.17) is 5.14 Å². The average molecular weight is 500 g/mol. The van der Waals surface area contributed by atoms with Crippen LogP contribution in [-0.2, 0) is 10.0 Å². The van der Waals surface area contributed by atoms with E-state index < -0.39 is 10.0 Å². The molecule has 2 heterocycles. The molecule has 0 atom stereocenters. The van der Waals surface area contributed by atoms with Gasteiger partial charge in [-0.3, -0.25) is 4.79 Å². The topological polar surface area (TPSA) is 120 Å². The number of carbonyl (C=O) groups is 1. The Morgan fingerprint density at radius 1 is 1.09 bits per heavy atom. The summed E-state index contributed by atoms with van der Waals surface area (Å²) in [6.45, 7) is 3.77. The van der Waals surface area contributed by atoms with E-state index in [-0.39, 0.29) is 16.4 Å². The maximum absolute atomic E-state index is 12.9. The van der Waals surface area contributed by atoms with Crippen LogP contribution in [-0.4, -0.2) is 34.7 Å². The molecule has 4 rings (SSSR count). The van der Waals surface area contributed by atoms with Gasteiger partial charge < -0.3 is 9.88 Å². The molecule has 2 aromatic carbocycles. The molecule has 0 aliphatic carbocycles. The zero-order valence-corrected chi connectivity index (χ0v) is 20.3.